The lowest BCUT2D eigenvalue weighted by molar-refractivity contribution is -0.129. The lowest BCUT2D eigenvalue weighted by Gasteiger charge is -2.17. The highest BCUT2D eigenvalue weighted by molar-refractivity contribution is 6.36. The number of hydrogen-bond acceptors (Lipinski definition) is 3. The topological polar surface area (TPSA) is 58.6 Å². The molecule has 0 aliphatic carbocycles. The summed E-state index contributed by atoms with van der Waals surface area (Å²) >= 11 is 11.9. The molecule has 2 aromatic rings. The van der Waals surface area contributed by atoms with Gasteiger partial charge in [0.25, 0.3) is 5.91 Å². The molecule has 1 saturated heterocycles. The summed E-state index contributed by atoms with van der Waals surface area (Å²) in [5.74, 6) is 0.606. The number of carbonyl (C=O) groups excluding carboxylic acids is 2. The molecule has 1 heterocycles. The van der Waals surface area contributed by atoms with E-state index < -0.39 is 5.91 Å². The summed E-state index contributed by atoms with van der Waals surface area (Å²) in [5, 5.41) is 3.34. The second kappa shape index (κ2) is 8.63. The van der Waals surface area contributed by atoms with Gasteiger partial charge < -0.3 is 15.0 Å². The maximum atomic E-state index is 12.4. The van der Waals surface area contributed by atoms with Crippen molar-refractivity contribution in [3.05, 3.63) is 63.6 Å². The Morgan fingerprint density at radius 2 is 1.93 bits per heavy atom. The highest BCUT2D eigenvalue weighted by atomic mass is 35.5. The van der Waals surface area contributed by atoms with E-state index in [1.165, 1.54) is 11.6 Å². The third-order valence-electron chi connectivity index (χ3n) is 4.70. The zero-order valence-corrected chi connectivity index (χ0v) is 16.4. The average molecular weight is 407 g/mol. The Balaban J connectivity index is 1.53. The van der Waals surface area contributed by atoms with E-state index in [4.69, 9.17) is 27.9 Å². The molecule has 5 nitrogen and oxygen atoms in total. The van der Waals surface area contributed by atoms with Gasteiger partial charge in [0.05, 0.1) is 24.2 Å². The molecule has 0 saturated carbocycles. The summed E-state index contributed by atoms with van der Waals surface area (Å²) in [6.45, 7) is 1.25. The van der Waals surface area contributed by atoms with Crippen molar-refractivity contribution in [2.24, 2.45) is 0 Å². The largest absolute Gasteiger partial charge is 0.497 e. The van der Waals surface area contributed by atoms with Gasteiger partial charge in [-0.15, -0.1) is 0 Å². The number of benzene rings is 2. The van der Waals surface area contributed by atoms with E-state index >= 15 is 0 Å². The Morgan fingerprint density at radius 1 is 1.19 bits per heavy atom. The minimum Gasteiger partial charge on any atom is -0.497 e. The van der Waals surface area contributed by atoms with Crippen molar-refractivity contribution < 1.29 is 14.3 Å². The average Bonchev–Trinajstić information content (AvgIpc) is 3.16. The molecule has 0 aromatic heterocycles. The van der Waals surface area contributed by atoms with E-state index in [0.717, 1.165) is 12.2 Å². The molecule has 1 atom stereocenters. The van der Waals surface area contributed by atoms with Crippen molar-refractivity contribution in [3.8, 4) is 5.75 Å². The summed E-state index contributed by atoms with van der Waals surface area (Å²) in [6.07, 6.45) is 0.898. The molecule has 1 aliphatic rings. The molecule has 1 N–H and O–H groups in total. The molecule has 7 heteroatoms. The quantitative estimate of drug-likeness (QED) is 0.822. The number of nitrogens with zero attached hydrogens (tertiary/aromatic N) is 1. The first-order valence-corrected chi connectivity index (χ1v) is 9.38. The normalized spacial score (nSPS) is 16.3. The van der Waals surface area contributed by atoms with Crippen LogP contribution in [-0.4, -0.2) is 43.5 Å². The van der Waals surface area contributed by atoms with E-state index in [1.54, 1.807) is 24.1 Å². The van der Waals surface area contributed by atoms with E-state index in [0.29, 0.717) is 29.6 Å². The molecule has 3 rings (SSSR count). The van der Waals surface area contributed by atoms with Crippen molar-refractivity contribution in [3.63, 3.8) is 0 Å². The Hall–Kier alpha value is -2.24. The van der Waals surface area contributed by atoms with Crippen LogP contribution in [0, 0.1) is 0 Å². The van der Waals surface area contributed by atoms with Gasteiger partial charge in [-0.1, -0.05) is 35.3 Å². The fourth-order valence-electron chi connectivity index (χ4n) is 3.17. The molecule has 27 heavy (non-hydrogen) atoms. The number of hydrogen-bond donors (Lipinski definition) is 1. The minimum absolute atomic E-state index is 0.0624. The summed E-state index contributed by atoms with van der Waals surface area (Å²) < 4.78 is 5.18. The van der Waals surface area contributed by atoms with E-state index in [9.17, 15) is 9.59 Å². The molecular weight excluding hydrogens is 387 g/mol. The Labute approximate surface area is 168 Å². The second-order valence-corrected chi connectivity index (χ2v) is 7.25. The zero-order valence-electron chi connectivity index (χ0n) is 14.9. The van der Waals surface area contributed by atoms with E-state index in [1.807, 2.05) is 24.3 Å². The van der Waals surface area contributed by atoms with Crippen LogP contribution < -0.4 is 10.1 Å². The number of ether oxygens (including phenoxy) is 1. The van der Waals surface area contributed by atoms with Crippen LogP contribution >= 0.6 is 23.2 Å². The number of nitrogens with one attached hydrogen (secondary N) is 1. The van der Waals surface area contributed by atoms with Gasteiger partial charge in [-0.3, -0.25) is 9.59 Å². The third kappa shape index (κ3) is 4.73. The van der Waals surface area contributed by atoms with Crippen LogP contribution in [0.5, 0.6) is 5.75 Å². The molecule has 1 aliphatic heterocycles. The molecule has 1 fully saturated rings. The highest BCUT2D eigenvalue weighted by Gasteiger charge is 2.27. The van der Waals surface area contributed by atoms with Crippen LogP contribution in [0.2, 0.25) is 10.0 Å². The SMILES string of the molecule is COc1ccc(C2CCN(C(=O)CNC(=O)c3ccc(Cl)cc3Cl)C2)cc1. The molecule has 142 valence electrons. The zero-order chi connectivity index (χ0) is 19.4. The van der Waals surface area contributed by atoms with Crippen molar-refractivity contribution in [1.29, 1.82) is 0 Å². The van der Waals surface area contributed by atoms with Crippen molar-refractivity contribution in [1.82, 2.24) is 10.2 Å². The number of amides is 2. The van der Waals surface area contributed by atoms with Gasteiger partial charge in [-0.05, 0) is 42.3 Å². The van der Waals surface area contributed by atoms with E-state index in [-0.39, 0.29) is 17.5 Å². The smallest absolute Gasteiger partial charge is 0.253 e. The van der Waals surface area contributed by atoms with Gasteiger partial charge in [0.15, 0.2) is 0 Å². The predicted octanol–water partition coefficient (Wildman–Crippen LogP) is 3.75. The van der Waals surface area contributed by atoms with Crippen molar-refractivity contribution in [2.45, 2.75) is 12.3 Å². The Morgan fingerprint density at radius 3 is 2.59 bits per heavy atom. The number of likely N-dealkylation sites (tertiary alicyclic amines) is 1. The van der Waals surface area contributed by atoms with Crippen LogP contribution in [0.3, 0.4) is 0 Å². The first-order valence-electron chi connectivity index (χ1n) is 8.63. The summed E-state index contributed by atoms with van der Waals surface area (Å²) in [7, 11) is 1.64. The van der Waals surface area contributed by atoms with Gasteiger partial charge in [0.2, 0.25) is 5.91 Å². The number of halogens is 2. The molecule has 1 unspecified atom stereocenters. The van der Waals surface area contributed by atoms with Crippen molar-refractivity contribution >= 4 is 35.0 Å². The highest BCUT2D eigenvalue weighted by Crippen LogP contribution is 2.28. The van der Waals surface area contributed by atoms with Gasteiger partial charge >= 0.3 is 0 Å². The van der Waals surface area contributed by atoms with Gasteiger partial charge in [-0.25, -0.2) is 0 Å². The summed E-state index contributed by atoms with van der Waals surface area (Å²) in [6, 6.07) is 12.5. The van der Waals surface area contributed by atoms with E-state index in [2.05, 4.69) is 5.32 Å². The minimum atomic E-state index is -0.393. The molecule has 2 aromatic carbocycles. The van der Waals surface area contributed by atoms with Crippen LogP contribution in [0.1, 0.15) is 28.3 Å². The standard InChI is InChI=1S/C20H20Cl2N2O3/c1-27-16-5-2-13(3-6-16)14-8-9-24(12-14)19(25)11-23-20(26)17-7-4-15(21)10-18(17)22/h2-7,10,14H,8-9,11-12H2,1H3,(H,23,26). The Kier molecular flexibility index (Phi) is 6.24. The molecule has 0 spiro atoms. The van der Waals surface area contributed by atoms with Crippen LogP contribution in [0.4, 0.5) is 0 Å². The maximum absolute atomic E-state index is 12.4. The molecule has 0 radical (unpaired) electrons. The maximum Gasteiger partial charge on any atom is 0.253 e. The second-order valence-electron chi connectivity index (χ2n) is 6.41. The Bertz CT molecular complexity index is 840. The fourth-order valence-corrected chi connectivity index (χ4v) is 3.67. The summed E-state index contributed by atoms with van der Waals surface area (Å²) in [4.78, 5) is 26.4. The lowest BCUT2D eigenvalue weighted by Crippen LogP contribution is -2.39. The number of rotatable bonds is 5. The summed E-state index contributed by atoms with van der Waals surface area (Å²) in [5.41, 5.74) is 1.48. The monoisotopic (exact) mass is 406 g/mol. The van der Waals surface area contributed by atoms with Crippen LogP contribution in [-0.2, 0) is 4.79 Å². The van der Waals surface area contributed by atoms with Crippen LogP contribution in [0.15, 0.2) is 42.5 Å². The lowest BCUT2D eigenvalue weighted by atomic mass is 9.98. The first-order chi connectivity index (χ1) is 13.0. The fraction of sp³-hybridized carbons (Fsp3) is 0.300. The van der Waals surface area contributed by atoms with Crippen molar-refractivity contribution in [2.75, 3.05) is 26.7 Å². The van der Waals surface area contributed by atoms with Gasteiger partial charge in [0.1, 0.15) is 5.75 Å². The third-order valence-corrected chi connectivity index (χ3v) is 5.25. The number of methoxy groups -OCH3 is 1. The van der Waals surface area contributed by atoms with Gasteiger partial charge in [-0.2, -0.15) is 0 Å². The first kappa shape index (κ1) is 19.5. The molecule has 2 amide bonds. The molecular formula is C20H20Cl2N2O3. The van der Waals surface area contributed by atoms with Gasteiger partial charge in [0, 0.05) is 24.0 Å². The molecule has 0 bridgehead atoms. The van der Waals surface area contributed by atoms with Crippen LogP contribution in [0.25, 0.3) is 0 Å². The number of carbonyl (C=O) groups is 2. The predicted molar refractivity (Wildman–Crippen MR) is 106 cm³/mol.